The molecule has 0 unspecified atom stereocenters. The standard InChI is InChI=1S/C16H19Cl2NOS/c1-3-6-19-9-14-7-12(11(2)21-14)10-20-13-4-5-15(17)16(18)8-13/h4-5,7-8,19H,3,6,9-10H2,1-2H3. The normalized spacial score (nSPS) is 10.9. The van der Waals surface area contributed by atoms with Crippen LogP contribution in [-0.2, 0) is 13.2 Å². The van der Waals surface area contributed by atoms with Gasteiger partial charge in [-0.3, -0.25) is 0 Å². The highest BCUT2D eigenvalue weighted by Crippen LogP contribution is 2.28. The van der Waals surface area contributed by atoms with Gasteiger partial charge in [0.25, 0.3) is 0 Å². The maximum Gasteiger partial charge on any atom is 0.121 e. The largest absolute Gasteiger partial charge is 0.489 e. The Hall–Kier alpha value is -0.740. The van der Waals surface area contributed by atoms with E-state index in [9.17, 15) is 0 Å². The SMILES string of the molecule is CCCNCc1cc(COc2ccc(Cl)c(Cl)c2)c(C)s1. The van der Waals surface area contributed by atoms with E-state index >= 15 is 0 Å². The molecule has 2 rings (SSSR count). The van der Waals surface area contributed by atoms with E-state index in [0.29, 0.717) is 16.7 Å². The molecule has 21 heavy (non-hydrogen) atoms. The van der Waals surface area contributed by atoms with Crippen molar-refractivity contribution in [2.45, 2.75) is 33.4 Å². The van der Waals surface area contributed by atoms with Crippen LogP contribution < -0.4 is 10.1 Å². The van der Waals surface area contributed by atoms with Gasteiger partial charge in [0.2, 0.25) is 0 Å². The fraction of sp³-hybridized carbons (Fsp3) is 0.375. The number of halogens is 2. The van der Waals surface area contributed by atoms with Crippen LogP contribution in [0.25, 0.3) is 0 Å². The Morgan fingerprint density at radius 3 is 2.71 bits per heavy atom. The zero-order valence-corrected chi connectivity index (χ0v) is 14.5. The molecule has 0 radical (unpaired) electrons. The molecule has 114 valence electrons. The van der Waals surface area contributed by atoms with Crippen LogP contribution in [-0.4, -0.2) is 6.54 Å². The number of thiophene rings is 1. The van der Waals surface area contributed by atoms with Crippen LogP contribution in [0.3, 0.4) is 0 Å². The summed E-state index contributed by atoms with van der Waals surface area (Å²) in [5, 5.41) is 4.47. The van der Waals surface area contributed by atoms with Crippen molar-refractivity contribution in [2.75, 3.05) is 6.54 Å². The summed E-state index contributed by atoms with van der Waals surface area (Å²) in [6.45, 7) is 6.82. The van der Waals surface area contributed by atoms with E-state index in [4.69, 9.17) is 27.9 Å². The van der Waals surface area contributed by atoms with Crippen LogP contribution in [0.2, 0.25) is 10.0 Å². The summed E-state index contributed by atoms with van der Waals surface area (Å²) in [5.74, 6) is 0.737. The Morgan fingerprint density at radius 1 is 1.19 bits per heavy atom. The molecule has 0 aliphatic rings. The third-order valence-corrected chi connectivity index (χ3v) is 4.91. The van der Waals surface area contributed by atoms with Crippen LogP contribution in [0.15, 0.2) is 24.3 Å². The predicted molar refractivity (Wildman–Crippen MR) is 91.8 cm³/mol. The molecule has 1 N–H and O–H groups in total. The van der Waals surface area contributed by atoms with E-state index in [-0.39, 0.29) is 0 Å². The van der Waals surface area contributed by atoms with E-state index < -0.39 is 0 Å². The molecule has 0 aliphatic carbocycles. The van der Waals surface area contributed by atoms with E-state index in [0.717, 1.165) is 25.3 Å². The van der Waals surface area contributed by atoms with Gasteiger partial charge >= 0.3 is 0 Å². The van der Waals surface area contributed by atoms with E-state index in [1.165, 1.54) is 15.3 Å². The molecule has 0 aliphatic heterocycles. The first kappa shape index (κ1) is 16.6. The summed E-state index contributed by atoms with van der Waals surface area (Å²) in [6, 6.07) is 7.54. The highest BCUT2D eigenvalue weighted by Gasteiger charge is 2.07. The van der Waals surface area contributed by atoms with Gasteiger partial charge in [0.1, 0.15) is 12.4 Å². The molecule has 0 saturated carbocycles. The lowest BCUT2D eigenvalue weighted by Crippen LogP contribution is -2.12. The van der Waals surface area contributed by atoms with Gasteiger partial charge in [-0.25, -0.2) is 0 Å². The third kappa shape index (κ3) is 4.89. The lowest BCUT2D eigenvalue weighted by Gasteiger charge is -2.06. The van der Waals surface area contributed by atoms with Crippen LogP contribution >= 0.6 is 34.5 Å². The van der Waals surface area contributed by atoms with Gasteiger partial charge < -0.3 is 10.1 Å². The molecule has 1 heterocycles. The average Bonchev–Trinajstić information content (AvgIpc) is 2.81. The molecular formula is C16H19Cl2NOS. The topological polar surface area (TPSA) is 21.3 Å². The van der Waals surface area contributed by atoms with Crippen molar-refractivity contribution >= 4 is 34.5 Å². The van der Waals surface area contributed by atoms with Gasteiger partial charge in [0.05, 0.1) is 10.0 Å². The molecule has 2 aromatic rings. The Bertz CT molecular complexity index is 598. The number of aryl methyl sites for hydroxylation is 1. The number of hydrogen-bond acceptors (Lipinski definition) is 3. The summed E-state index contributed by atoms with van der Waals surface area (Å²) in [5.41, 5.74) is 1.22. The van der Waals surface area contributed by atoms with Crippen molar-refractivity contribution in [3.63, 3.8) is 0 Å². The lowest BCUT2D eigenvalue weighted by molar-refractivity contribution is 0.306. The van der Waals surface area contributed by atoms with Gasteiger partial charge in [0.15, 0.2) is 0 Å². The molecule has 0 spiro atoms. The number of nitrogens with one attached hydrogen (secondary N) is 1. The molecule has 0 amide bonds. The Kier molecular flexibility index (Phi) is 6.37. The van der Waals surface area contributed by atoms with Crippen molar-refractivity contribution in [3.8, 4) is 5.75 Å². The maximum absolute atomic E-state index is 5.98. The van der Waals surface area contributed by atoms with E-state index in [2.05, 4.69) is 25.2 Å². The Labute approximate surface area is 140 Å². The first-order valence-electron chi connectivity index (χ1n) is 6.97. The highest BCUT2D eigenvalue weighted by atomic mass is 35.5. The minimum absolute atomic E-state index is 0.515. The predicted octanol–water partition coefficient (Wildman–Crippen LogP) is 5.44. The minimum Gasteiger partial charge on any atom is -0.489 e. The van der Waals surface area contributed by atoms with Crippen molar-refractivity contribution in [2.24, 2.45) is 0 Å². The Morgan fingerprint density at radius 2 is 2.00 bits per heavy atom. The third-order valence-electron chi connectivity index (χ3n) is 3.08. The summed E-state index contributed by atoms with van der Waals surface area (Å²) < 4.78 is 5.79. The number of benzene rings is 1. The average molecular weight is 344 g/mol. The maximum atomic E-state index is 5.98. The Balaban J connectivity index is 1.94. The van der Waals surface area contributed by atoms with Crippen molar-refractivity contribution in [3.05, 3.63) is 49.6 Å². The second kappa shape index (κ2) is 8.04. The number of ether oxygens (including phenoxy) is 1. The molecule has 0 fully saturated rings. The molecule has 2 nitrogen and oxygen atoms in total. The van der Waals surface area contributed by atoms with Crippen LogP contribution in [0.4, 0.5) is 0 Å². The summed E-state index contributed by atoms with van der Waals surface area (Å²) >= 11 is 13.7. The van der Waals surface area contributed by atoms with Gasteiger partial charge in [0, 0.05) is 27.9 Å². The number of rotatable bonds is 7. The first-order valence-corrected chi connectivity index (χ1v) is 8.54. The molecule has 0 saturated heterocycles. The second-order valence-corrected chi connectivity index (χ2v) is 6.99. The zero-order valence-electron chi connectivity index (χ0n) is 12.2. The highest BCUT2D eigenvalue weighted by molar-refractivity contribution is 7.12. The van der Waals surface area contributed by atoms with Gasteiger partial charge in [-0.05, 0) is 38.1 Å². The summed E-state index contributed by atoms with van der Waals surface area (Å²) in [7, 11) is 0. The first-order chi connectivity index (χ1) is 10.1. The zero-order chi connectivity index (χ0) is 15.2. The molecule has 1 aromatic carbocycles. The van der Waals surface area contributed by atoms with Crippen LogP contribution in [0.5, 0.6) is 5.75 Å². The molecule has 5 heteroatoms. The summed E-state index contributed by atoms with van der Waals surface area (Å²) in [6.07, 6.45) is 1.15. The van der Waals surface area contributed by atoms with Gasteiger partial charge in [-0.1, -0.05) is 30.1 Å². The minimum atomic E-state index is 0.515. The molecule has 1 aromatic heterocycles. The van der Waals surface area contributed by atoms with Crippen molar-refractivity contribution in [1.82, 2.24) is 5.32 Å². The fourth-order valence-corrected chi connectivity index (χ4v) is 3.24. The van der Waals surface area contributed by atoms with Crippen LogP contribution in [0, 0.1) is 6.92 Å². The van der Waals surface area contributed by atoms with Gasteiger partial charge in [-0.2, -0.15) is 0 Å². The van der Waals surface area contributed by atoms with Crippen molar-refractivity contribution in [1.29, 1.82) is 0 Å². The van der Waals surface area contributed by atoms with E-state index in [1.807, 2.05) is 17.4 Å². The molecule has 0 atom stereocenters. The number of hydrogen-bond donors (Lipinski definition) is 1. The second-order valence-electron chi connectivity index (χ2n) is 4.84. The fourth-order valence-electron chi connectivity index (χ4n) is 1.93. The quantitative estimate of drug-likeness (QED) is 0.675. The summed E-state index contributed by atoms with van der Waals surface area (Å²) in [4.78, 5) is 2.64. The van der Waals surface area contributed by atoms with Gasteiger partial charge in [-0.15, -0.1) is 11.3 Å². The smallest absolute Gasteiger partial charge is 0.121 e. The molecular weight excluding hydrogens is 325 g/mol. The monoisotopic (exact) mass is 343 g/mol. The van der Waals surface area contributed by atoms with Crippen molar-refractivity contribution < 1.29 is 4.74 Å². The van der Waals surface area contributed by atoms with Crippen LogP contribution in [0.1, 0.15) is 28.7 Å². The lowest BCUT2D eigenvalue weighted by atomic mass is 10.2. The molecule has 0 bridgehead atoms. The van der Waals surface area contributed by atoms with E-state index in [1.54, 1.807) is 12.1 Å².